The topological polar surface area (TPSA) is 72.2 Å². The maximum absolute atomic E-state index is 12.6. The van der Waals surface area contributed by atoms with Crippen molar-refractivity contribution in [1.82, 2.24) is 9.97 Å². The van der Waals surface area contributed by atoms with Gasteiger partial charge in [-0.1, -0.05) is 11.6 Å². The molecule has 1 fully saturated rings. The largest absolute Gasteiger partial charge is 0.391 e. The van der Waals surface area contributed by atoms with E-state index in [2.05, 4.69) is 9.97 Å². The molecule has 2 heterocycles. The highest BCUT2D eigenvalue weighted by Crippen LogP contribution is 2.38. The highest BCUT2D eigenvalue weighted by molar-refractivity contribution is 6.31. The SMILES string of the molecule is O=[N+]([O-])c1c(Cl)ncnc1N1CCC(C(F)(F)F)CC1. The van der Waals surface area contributed by atoms with Crippen LogP contribution in [0.3, 0.4) is 0 Å². The van der Waals surface area contributed by atoms with Gasteiger partial charge in [-0.2, -0.15) is 13.2 Å². The molecule has 20 heavy (non-hydrogen) atoms. The molecule has 0 amide bonds. The fourth-order valence-electron chi connectivity index (χ4n) is 2.16. The number of alkyl halides is 3. The number of aromatic nitrogens is 2. The van der Waals surface area contributed by atoms with E-state index in [1.807, 2.05) is 0 Å². The van der Waals surface area contributed by atoms with Crippen molar-refractivity contribution in [3.05, 3.63) is 21.6 Å². The number of nitro groups is 1. The molecule has 0 bridgehead atoms. The Morgan fingerprint density at radius 3 is 2.45 bits per heavy atom. The molecule has 6 nitrogen and oxygen atoms in total. The highest BCUT2D eigenvalue weighted by atomic mass is 35.5. The van der Waals surface area contributed by atoms with Crippen LogP contribution in [0.5, 0.6) is 0 Å². The molecule has 0 atom stereocenters. The molecule has 1 aliphatic heterocycles. The summed E-state index contributed by atoms with van der Waals surface area (Å²) in [6.07, 6.45) is -3.42. The molecule has 2 rings (SSSR count). The van der Waals surface area contributed by atoms with Crippen molar-refractivity contribution >= 4 is 23.1 Å². The van der Waals surface area contributed by atoms with Crippen LogP contribution in [0.25, 0.3) is 0 Å². The molecule has 0 radical (unpaired) electrons. The summed E-state index contributed by atoms with van der Waals surface area (Å²) in [7, 11) is 0. The Balaban J connectivity index is 2.19. The van der Waals surface area contributed by atoms with Gasteiger partial charge in [-0.25, -0.2) is 9.97 Å². The van der Waals surface area contributed by atoms with Gasteiger partial charge >= 0.3 is 11.9 Å². The Labute approximate surface area is 116 Å². The van der Waals surface area contributed by atoms with E-state index in [0.29, 0.717) is 0 Å². The molecule has 1 aromatic rings. The van der Waals surface area contributed by atoms with Crippen LogP contribution in [0, 0.1) is 16.0 Å². The lowest BCUT2D eigenvalue weighted by Gasteiger charge is -2.33. The predicted molar refractivity (Wildman–Crippen MR) is 64.7 cm³/mol. The number of anilines is 1. The fourth-order valence-corrected chi connectivity index (χ4v) is 2.35. The van der Waals surface area contributed by atoms with Crippen LogP contribution in [0.15, 0.2) is 6.33 Å². The van der Waals surface area contributed by atoms with Crippen LogP contribution in [0.2, 0.25) is 5.15 Å². The normalized spacial score (nSPS) is 17.3. The Morgan fingerprint density at radius 1 is 1.35 bits per heavy atom. The number of rotatable bonds is 2. The molecule has 1 aromatic heterocycles. The van der Waals surface area contributed by atoms with E-state index < -0.39 is 22.7 Å². The maximum Gasteiger partial charge on any atom is 0.391 e. The van der Waals surface area contributed by atoms with E-state index >= 15 is 0 Å². The van der Waals surface area contributed by atoms with Crippen molar-refractivity contribution in [2.45, 2.75) is 19.0 Å². The number of nitrogens with zero attached hydrogens (tertiary/aromatic N) is 4. The van der Waals surface area contributed by atoms with Crippen LogP contribution in [-0.2, 0) is 0 Å². The second kappa shape index (κ2) is 5.39. The summed E-state index contributed by atoms with van der Waals surface area (Å²) in [6, 6.07) is 0. The van der Waals surface area contributed by atoms with Gasteiger partial charge in [0.25, 0.3) is 0 Å². The molecular weight excluding hydrogens is 301 g/mol. The van der Waals surface area contributed by atoms with Crippen LogP contribution in [0.1, 0.15) is 12.8 Å². The zero-order valence-corrected chi connectivity index (χ0v) is 10.9. The molecule has 0 N–H and O–H groups in total. The van der Waals surface area contributed by atoms with E-state index in [1.54, 1.807) is 0 Å². The quantitative estimate of drug-likeness (QED) is 0.477. The predicted octanol–water partition coefficient (Wildman–Crippen LogP) is 2.82. The molecule has 0 saturated carbocycles. The van der Waals surface area contributed by atoms with Gasteiger partial charge in [0.15, 0.2) is 0 Å². The third-order valence-electron chi connectivity index (χ3n) is 3.20. The fraction of sp³-hybridized carbons (Fsp3) is 0.600. The maximum atomic E-state index is 12.6. The smallest absolute Gasteiger partial charge is 0.351 e. The summed E-state index contributed by atoms with van der Waals surface area (Å²) in [5.74, 6) is -1.41. The molecular formula is C10H10ClF3N4O2. The van der Waals surface area contributed by atoms with Crippen LogP contribution >= 0.6 is 11.6 Å². The van der Waals surface area contributed by atoms with Crippen LogP contribution in [0.4, 0.5) is 24.7 Å². The van der Waals surface area contributed by atoms with Gasteiger partial charge in [0, 0.05) is 13.1 Å². The highest BCUT2D eigenvalue weighted by Gasteiger charge is 2.42. The average Bonchev–Trinajstić information content (AvgIpc) is 2.37. The number of hydrogen-bond donors (Lipinski definition) is 0. The lowest BCUT2D eigenvalue weighted by atomic mass is 9.96. The van der Waals surface area contributed by atoms with E-state index in [1.165, 1.54) is 4.90 Å². The third-order valence-corrected chi connectivity index (χ3v) is 3.47. The summed E-state index contributed by atoms with van der Waals surface area (Å²) < 4.78 is 37.7. The van der Waals surface area contributed by atoms with E-state index in [9.17, 15) is 23.3 Å². The second-order valence-electron chi connectivity index (χ2n) is 4.40. The lowest BCUT2D eigenvalue weighted by molar-refractivity contribution is -0.384. The Morgan fingerprint density at radius 2 is 1.95 bits per heavy atom. The van der Waals surface area contributed by atoms with E-state index in [-0.39, 0.29) is 36.9 Å². The molecule has 0 unspecified atom stereocenters. The molecule has 0 aliphatic carbocycles. The van der Waals surface area contributed by atoms with Gasteiger partial charge in [0.2, 0.25) is 11.0 Å². The third kappa shape index (κ3) is 2.92. The number of halogens is 4. The molecule has 1 saturated heterocycles. The molecule has 10 heteroatoms. The average molecular weight is 311 g/mol. The minimum absolute atomic E-state index is 0.0318. The van der Waals surface area contributed by atoms with Gasteiger partial charge < -0.3 is 4.90 Å². The van der Waals surface area contributed by atoms with Crippen molar-refractivity contribution in [2.24, 2.45) is 5.92 Å². The Kier molecular flexibility index (Phi) is 3.98. The zero-order chi connectivity index (χ0) is 14.9. The Hall–Kier alpha value is -1.64. The molecule has 0 spiro atoms. The van der Waals surface area contributed by atoms with E-state index in [4.69, 9.17) is 11.6 Å². The lowest BCUT2D eigenvalue weighted by Crippen LogP contribution is -2.39. The van der Waals surface area contributed by atoms with Crippen LogP contribution < -0.4 is 4.90 Å². The first-order chi connectivity index (χ1) is 9.30. The van der Waals surface area contributed by atoms with Gasteiger partial charge in [0.05, 0.1) is 10.8 Å². The van der Waals surface area contributed by atoms with Crippen molar-refractivity contribution in [3.8, 4) is 0 Å². The van der Waals surface area contributed by atoms with Gasteiger partial charge in [0.1, 0.15) is 6.33 Å². The Bertz CT molecular complexity index is 518. The van der Waals surface area contributed by atoms with E-state index in [0.717, 1.165) is 6.33 Å². The summed E-state index contributed by atoms with van der Waals surface area (Å²) in [6.45, 7) is 0.0801. The van der Waals surface area contributed by atoms with Gasteiger partial charge in [-0.15, -0.1) is 0 Å². The van der Waals surface area contributed by atoms with Gasteiger partial charge in [-0.3, -0.25) is 10.1 Å². The monoisotopic (exact) mass is 310 g/mol. The first-order valence-electron chi connectivity index (χ1n) is 5.77. The first-order valence-corrected chi connectivity index (χ1v) is 6.15. The molecule has 110 valence electrons. The zero-order valence-electron chi connectivity index (χ0n) is 10.1. The summed E-state index contributed by atoms with van der Waals surface area (Å²) in [5.41, 5.74) is -0.473. The first kappa shape index (κ1) is 14.8. The van der Waals surface area contributed by atoms with Crippen LogP contribution in [-0.4, -0.2) is 34.2 Å². The van der Waals surface area contributed by atoms with Gasteiger partial charge in [-0.05, 0) is 12.8 Å². The number of hydrogen-bond acceptors (Lipinski definition) is 5. The summed E-state index contributed by atoms with van der Waals surface area (Å²) >= 11 is 5.65. The van der Waals surface area contributed by atoms with Crippen molar-refractivity contribution < 1.29 is 18.1 Å². The minimum Gasteiger partial charge on any atom is -0.351 e. The number of piperidine rings is 1. The standard InChI is InChI=1S/C10H10ClF3N4O2/c11-8-7(18(19)20)9(16-5-15-8)17-3-1-6(2-4-17)10(12,13)14/h5-6H,1-4H2. The van der Waals surface area contributed by atoms with Crippen molar-refractivity contribution in [1.29, 1.82) is 0 Å². The second-order valence-corrected chi connectivity index (χ2v) is 4.75. The van der Waals surface area contributed by atoms with Crippen molar-refractivity contribution in [2.75, 3.05) is 18.0 Å². The summed E-state index contributed by atoms with van der Waals surface area (Å²) in [5, 5.41) is 10.6. The van der Waals surface area contributed by atoms with Crippen molar-refractivity contribution in [3.63, 3.8) is 0 Å². The molecule has 1 aliphatic rings. The minimum atomic E-state index is -4.23. The molecule has 0 aromatic carbocycles. The summed E-state index contributed by atoms with van der Waals surface area (Å²) in [4.78, 5) is 18.9.